The fourth-order valence-corrected chi connectivity index (χ4v) is 2.67. The van der Waals surface area contributed by atoms with E-state index in [1.807, 2.05) is 0 Å². The maximum absolute atomic E-state index is 12.3. The fraction of sp³-hybridized carbons (Fsp3) is 0.786. The average molecular weight is 312 g/mol. The van der Waals surface area contributed by atoms with Crippen molar-refractivity contribution in [2.75, 3.05) is 65.5 Å². The second-order valence-corrected chi connectivity index (χ2v) is 5.48. The highest BCUT2D eigenvalue weighted by Gasteiger charge is 2.26. The van der Waals surface area contributed by atoms with Gasteiger partial charge < -0.3 is 19.4 Å². The van der Waals surface area contributed by atoms with Gasteiger partial charge >= 0.3 is 6.09 Å². The van der Waals surface area contributed by atoms with E-state index in [2.05, 4.69) is 4.90 Å². The quantitative estimate of drug-likeness (QED) is 0.627. The monoisotopic (exact) mass is 312 g/mol. The standard InChI is InChI=1S/C14H24N4O4/c1-2-22-14(21)18-9-7-17(8-10-18)13(20)11-15-3-5-16(12-19)6-4-15/h12H,2-11H2,1H3. The number of nitrogens with zero attached hydrogens (tertiary/aromatic N) is 4. The minimum absolute atomic E-state index is 0.0862. The summed E-state index contributed by atoms with van der Waals surface area (Å²) in [5, 5.41) is 0. The van der Waals surface area contributed by atoms with Crippen molar-refractivity contribution in [3.63, 3.8) is 0 Å². The number of rotatable bonds is 4. The van der Waals surface area contributed by atoms with E-state index in [1.165, 1.54) is 0 Å². The third-order valence-corrected chi connectivity index (χ3v) is 4.07. The van der Waals surface area contributed by atoms with Gasteiger partial charge in [-0.05, 0) is 6.92 Å². The Hall–Kier alpha value is -1.83. The van der Waals surface area contributed by atoms with E-state index in [-0.39, 0.29) is 12.0 Å². The molecule has 0 aromatic carbocycles. The van der Waals surface area contributed by atoms with E-state index in [4.69, 9.17) is 4.74 Å². The predicted octanol–water partition coefficient (Wildman–Crippen LogP) is -0.939. The molecule has 0 unspecified atom stereocenters. The van der Waals surface area contributed by atoms with Crippen LogP contribution in [0.2, 0.25) is 0 Å². The molecule has 2 heterocycles. The van der Waals surface area contributed by atoms with Gasteiger partial charge in [-0.2, -0.15) is 0 Å². The highest BCUT2D eigenvalue weighted by Crippen LogP contribution is 2.06. The van der Waals surface area contributed by atoms with Crippen LogP contribution in [-0.4, -0.2) is 104 Å². The summed E-state index contributed by atoms with van der Waals surface area (Å²) in [5.41, 5.74) is 0. The molecule has 8 heteroatoms. The molecule has 0 aromatic rings. The van der Waals surface area contributed by atoms with Crippen molar-refractivity contribution in [1.29, 1.82) is 0 Å². The SMILES string of the molecule is CCOC(=O)N1CCN(C(=O)CN2CCN(C=O)CC2)CC1. The first-order chi connectivity index (χ1) is 10.6. The van der Waals surface area contributed by atoms with Crippen molar-refractivity contribution >= 4 is 18.4 Å². The number of carbonyl (C=O) groups excluding carboxylic acids is 3. The molecular formula is C14H24N4O4. The number of carbonyl (C=O) groups is 3. The van der Waals surface area contributed by atoms with E-state index in [0.29, 0.717) is 52.4 Å². The van der Waals surface area contributed by atoms with E-state index in [1.54, 1.807) is 21.6 Å². The summed E-state index contributed by atoms with van der Waals surface area (Å²) in [6, 6.07) is 0. The molecule has 2 rings (SSSR count). The molecule has 0 aliphatic carbocycles. The summed E-state index contributed by atoms with van der Waals surface area (Å²) in [4.78, 5) is 41.8. The summed E-state index contributed by atoms with van der Waals surface area (Å²) >= 11 is 0. The Labute approximate surface area is 130 Å². The molecule has 0 radical (unpaired) electrons. The molecule has 2 fully saturated rings. The fourth-order valence-electron chi connectivity index (χ4n) is 2.67. The lowest BCUT2D eigenvalue weighted by atomic mass is 10.3. The Morgan fingerprint density at radius 3 is 2.09 bits per heavy atom. The van der Waals surface area contributed by atoms with Crippen molar-refractivity contribution < 1.29 is 19.1 Å². The molecule has 0 saturated carbocycles. The highest BCUT2D eigenvalue weighted by molar-refractivity contribution is 5.78. The molecule has 2 aliphatic rings. The van der Waals surface area contributed by atoms with Gasteiger partial charge in [-0.3, -0.25) is 14.5 Å². The zero-order chi connectivity index (χ0) is 15.9. The third-order valence-electron chi connectivity index (χ3n) is 4.07. The van der Waals surface area contributed by atoms with Crippen LogP contribution in [0.1, 0.15) is 6.92 Å². The van der Waals surface area contributed by atoms with Gasteiger partial charge in [-0.1, -0.05) is 0 Å². The summed E-state index contributed by atoms with van der Waals surface area (Å²) in [7, 11) is 0. The first-order valence-corrected chi connectivity index (χ1v) is 7.75. The van der Waals surface area contributed by atoms with Gasteiger partial charge in [0, 0.05) is 52.4 Å². The van der Waals surface area contributed by atoms with Crippen molar-refractivity contribution in [1.82, 2.24) is 19.6 Å². The lowest BCUT2D eigenvalue weighted by Crippen LogP contribution is -2.54. The minimum atomic E-state index is -0.306. The van der Waals surface area contributed by atoms with Gasteiger partial charge in [0.05, 0.1) is 13.2 Å². The molecule has 124 valence electrons. The van der Waals surface area contributed by atoms with E-state index < -0.39 is 0 Å². The molecule has 3 amide bonds. The van der Waals surface area contributed by atoms with Gasteiger partial charge in [-0.15, -0.1) is 0 Å². The molecule has 2 saturated heterocycles. The molecule has 0 N–H and O–H groups in total. The minimum Gasteiger partial charge on any atom is -0.450 e. The first-order valence-electron chi connectivity index (χ1n) is 7.75. The van der Waals surface area contributed by atoms with Crippen LogP contribution in [0.3, 0.4) is 0 Å². The Kier molecular flexibility index (Phi) is 6.00. The number of hydrogen-bond acceptors (Lipinski definition) is 5. The highest BCUT2D eigenvalue weighted by atomic mass is 16.6. The summed E-state index contributed by atoms with van der Waals surface area (Å²) in [5.74, 6) is 0.0862. The lowest BCUT2D eigenvalue weighted by molar-refractivity contribution is -0.134. The molecule has 0 spiro atoms. The van der Waals surface area contributed by atoms with Crippen LogP contribution in [0.4, 0.5) is 4.79 Å². The number of amides is 3. The van der Waals surface area contributed by atoms with Crippen LogP contribution in [0.25, 0.3) is 0 Å². The third kappa shape index (κ3) is 4.33. The number of ether oxygens (including phenoxy) is 1. The summed E-state index contributed by atoms with van der Waals surface area (Å²) in [6.07, 6.45) is 0.549. The van der Waals surface area contributed by atoms with E-state index in [9.17, 15) is 14.4 Å². The molecule has 0 atom stereocenters. The van der Waals surface area contributed by atoms with Crippen molar-refractivity contribution in [3.05, 3.63) is 0 Å². The Morgan fingerprint density at radius 2 is 1.55 bits per heavy atom. The largest absolute Gasteiger partial charge is 0.450 e. The average Bonchev–Trinajstić information content (AvgIpc) is 2.56. The van der Waals surface area contributed by atoms with Crippen molar-refractivity contribution in [3.8, 4) is 0 Å². The Morgan fingerprint density at radius 1 is 0.955 bits per heavy atom. The smallest absolute Gasteiger partial charge is 0.409 e. The molecular weight excluding hydrogens is 288 g/mol. The zero-order valence-electron chi connectivity index (χ0n) is 13.1. The van der Waals surface area contributed by atoms with Crippen LogP contribution < -0.4 is 0 Å². The molecule has 22 heavy (non-hydrogen) atoms. The molecule has 0 bridgehead atoms. The first kappa shape index (κ1) is 16.5. The maximum atomic E-state index is 12.3. The van der Waals surface area contributed by atoms with Gasteiger partial charge in [0.1, 0.15) is 0 Å². The normalized spacial score (nSPS) is 20.0. The van der Waals surface area contributed by atoms with Crippen LogP contribution in [-0.2, 0) is 14.3 Å². The summed E-state index contributed by atoms with van der Waals surface area (Å²) < 4.78 is 4.96. The Bertz CT molecular complexity index is 402. The van der Waals surface area contributed by atoms with E-state index >= 15 is 0 Å². The van der Waals surface area contributed by atoms with Crippen molar-refractivity contribution in [2.45, 2.75) is 6.92 Å². The van der Waals surface area contributed by atoms with Gasteiger partial charge in [0.2, 0.25) is 12.3 Å². The van der Waals surface area contributed by atoms with E-state index in [0.717, 1.165) is 19.5 Å². The van der Waals surface area contributed by atoms with Crippen LogP contribution in [0.15, 0.2) is 0 Å². The molecule has 2 aliphatic heterocycles. The number of piperazine rings is 2. The van der Waals surface area contributed by atoms with Gasteiger partial charge in [-0.25, -0.2) is 4.79 Å². The lowest BCUT2D eigenvalue weighted by Gasteiger charge is -2.36. The molecule has 0 aromatic heterocycles. The Balaban J connectivity index is 1.71. The van der Waals surface area contributed by atoms with Gasteiger partial charge in [0.15, 0.2) is 0 Å². The second-order valence-electron chi connectivity index (χ2n) is 5.48. The van der Waals surface area contributed by atoms with Crippen LogP contribution in [0.5, 0.6) is 0 Å². The van der Waals surface area contributed by atoms with Gasteiger partial charge in [0.25, 0.3) is 0 Å². The molecule has 8 nitrogen and oxygen atoms in total. The maximum Gasteiger partial charge on any atom is 0.409 e. The van der Waals surface area contributed by atoms with Crippen LogP contribution in [0, 0.1) is 0 Å². The summed E-state index contributed by atoms with van der Waals surface area (Å²) in [6.45, 7) is 7.46. The zero-order valence-corrected chi connectivity index (χ0v) is 13.1. The topological polar surface area (TPSA) is 73.4 Å². The number of hydrogen-bond donors (Lipinski definition) is 0. The van der Waals surface area contributed by atoms with Crippen LogP contribution >= 0.6 is 0 Å². The second kappa shape index (κ2) is 7.98. The predicted molar refractivity (Wildman–Crippen MR) is 79.3 cm³/mol. The van der Waals surface area contributed by atoms with Crippen molar-refractivity contribution in [2.24, 2.45) is 0 Å².